The zero-order valence-corrected chi connectivity index (χ0v) is 9.45. The van der Waals surface area contributed by atoms with Crippen LogP contribution < -0.4 is 5.32 Å². The number of nitrogens with zero attached hydrogens (tertiary/aromatic N) is 3. The van der Waals surface area contributed by atoms with Crippen molar-refractivity contribution in [2.75, 3.05) is 5.32 Å². The summed E-state index contributed by atoms with van der Waals surface area (Å²) in [6.45, 7) is 0. The van der Waals surface area contributed by atoms with E-state index < -0.39 is 0 Å². The van der Waals surface area contributed by atoms with E-state index >= 15 is 0 Å². The summed E-state index contributed by atoms with van der Waals surface area (Å²) in [6.07, 6.45) is 8.52. The molecule has 0 aromatic carbocycles. The third kappa shape index (κ3) is 1.93. The average Bonchev–Trinajstić information content (AvgIpc) is 2.87. The molecule has 0 saturated carbocycles. The van der Waals surface area contributed by atoms with Crippen molar-refractivity contribution in [3.8, 4) is 0 Å². The zero-order valence-electron chi connectivity index (χ0n) is 9.45. The van der Waals surface area contributed by atoms with E-state index in [0.717, 1.165) is 5.65 Å². The van der Waals surface area contributed by atoms with Gasteiger partial charge >= 0.3 is 0 Å². The number of hydrogen-bond acceptors (Lipinski definition) is 3. The highest BCUT2D eigenvalue weighted by Crippen LogP contribution is 2.11. The van der Waals surface area contributed by atoms with Crippen LogP contribution in [0.3, 0.4) is 0 Å². The normalized spacial score (nSPS) is 10.4. The van der Waals surface area contributed by atoms with Gasteiger partial charge < -0.3 is 9.72 Å². The number of carbonyl (C=O) groups excluding carboxylic acids is 1. The predicted molar refractivity (Wildman–Crippen MR) is 67.4 cm³/mol. The third-order valence-electron chi connectivity index (χ3n) is 2.57. The first-order valence-electron chi connectivity index (χ1n) is 5.47. The van der Waals surface area contributed by atoms with E-state index in [1.54, 1.807) is 24.5 Å². The summed E-state index contributed by atoms with van der Waals surface area (Å²) in [5, 5.41) is 2.81. The fourth-order valence-electron chi connectivity index (χ4n) is 1.69. The molecule has 0 aliphatic rings. The molecule has 3 heterocycles. The first-order valence-corrected chi connectivity index (χ1v) is 5.47. The fourth-order valence-corrected chi connectivity index (χ4v) is 1.69. The molecule has 1 N–H and O–H groups in total. The van der Waals surface area contributed by atoms with Gasteiger partial charge in [0.15, 0.2) is 0 Å². The lowest BCUT2D eigenvalue weighted by molar-refractivity contribution is 0.102. The number of carbonyl (C=O) groups is 1. The van der Waals surface area contributed by atoms with Crippen molar-refractivity contribution in [1.29, 1.82) is 0 Å². The molecule has 1 amide bonds. The van der Waals surface area contributed by atoms with E-state index in [4.69, 9.17) is 0 Å². The zero-order chi connectivity index (χ0) is 12.4. The van der Waals surface area contributed by atoms with Gasteiger partial charge in [-0.3, -0.25) is 9.78 Å². The number of hydrogen-bond donors (Lipinski definition) is 1. The Morgan fingerprint density at radius 2 is 2.17 bits per heavy atom. The van der Waals surface area contributed by atoms with Gasteiger partial charge in [0, 0.05) is 31.0 Å². The number of aromatic nitrogens is 3. The van der Waals surface area contributed by atoms with Crippen molar-refractivity contribution >= 4 is 17.2 Å². The molecular formula is C13H10N4O. The Morgan fingerprint density at radius 1 is 1.22 bits per heavy atom. The van der Waals surface area contributed by atoms with Crippen molar-refractivity contribution in [3.63, 3.8) is 0 Å². The van der Waals surface area contributed by atoms with Crippen molar-refractivity contribution in [2.24, 2.45) is 0 Å². The third-order valence-corrected chi connectivity index (χ3v) is 2.57. The second-order valence-corrected chi connectivity index (χ2v) is 3.81. The maximum absolute atomic E-state index is 11.9. The second kappa shape index (κ2) is 4.29. The lowest BCUT2D eigenvalue weighted by atomic mass is 10.2. The highest BCUT2D eigenvalue weighted by molar-refractivity contribution is 6.03. The van der Waals surface area contributed by atoms with Crippen LogP contribution in [0.1, 0.15) is 10.4 Å². The fraction of sp³-hybridized carbons (Fsp3) is 0. The van der Waals surface area contributed by atoms with E-state index in [2.05, 4.69) is 15.3 Å². The summed E-state index contributed by atoms with van der Waals surface area (Å²) in [5.74, 6) is -0.178. The molecule has 88 valence electrons. The number of anilines is 1. The number of amides is 1. The molecule has 0 fully saturated rings. The first-order chi connectivity index (χ1) is 8.83. The van der Waals surface area contributed by atoms with Gasteiger partial charge in [0.25, 0.3) is 5.91 Å². The molecular weight excluding hydrogens is 228 g/mol. The molecule has 3 aromatic rings. The SMILES string of the molecule is O=C(Nc1ccc2nccn2c1)c1cccnc1. The molecule has 18 heavy (non-hydrogen) atoms. The summed E-state index contributed by atoms with van der Waals surface area (Å²) in [7, 11) is 0. The van der Waals surface area contributed by atoms with Crippen LogP contribution in [0.25, 0.3) is 5.65 Å². The summed E-state index contributed by atoms with van der Waals surface area (Å²) in [5.41, 5.74) is 2.09. The van der Waals surface area contributed by atoms with Crippen LogP contribution in [-0.4, -0.2) is 20.3 Å². The van der Waals surface area contributed by atoms with Crippen LogP contribution in [0.4, 0.5) is 5.69 Å². The molecule has 0 atom stereocenters. The van der Waals surface area contributed by atoms with Crippen LogP contribution in [0.5, 0.6) is 0 Å². The quantitative estimate of drug-likeness (QED) is 0.742. The molecule has 0 bridgehead atoms. The van der Waals surface area contributed by atoms with Gasteiger partial charge in [0.2, 0.25) is 0 Å². The van der Waals surface area contributed by atoms with Gasteiger partial charge in [-0.05, 0) is 24.3 Å². The van der Waals surface area contributed by atoms with Gasteiger partial charge in [0.1, 0.15) is 5.65 Å². The largest absolute Gasteiger partial charge is 0.321 e. The van der Waals surface area contributed by atoms with Crippen LogP contribution in [-0.2, 0) is 0 Å². The molecule has 0 radical (unpaired) electrons. The number of fused-ring (bicyclic) bond motifs is 1. The first kappa shape index (κ1) is 10.5. The van der Waals surface area contributed by atoms with E-state index in [1.807, 2.05) is 28.9 Å². The van der Waals surface area contributed by atoms with Crippen LogP contribution in [0.15, 0.2) is 55.2 Å². The molecule has 0 aliphatic carbocycles. The topological polar surface area (TPSA) is 59.3 Å². The van der Waals surface area contributed by atoms with Crippen molar-refractivity contribution in [1.82, 2.24) is 14.4 Å². The summed E-state index contributed by atoms with van der Waals surface area (Å²) in [6, 6.07) is 7.11. The Balaban J connectivity index is 1.86. The summed E-state index contributed by atoms with van der Waals surface area (Å²) < 4.78 is 1.85. The van der Waals surface area contributed by atoms with Crippen LogP contribution in [0, 0.1) is 0 Å². The number of pyridine rings is 2. The minimum atomic E-state index is -0.178. The van der Waals surface area contributed by atoms with Crippen LogP contribution in [0.2, 0.25) is 0 Å². The van der Waals surface area contributed by atoms with Gasteiger partial charge in [-0.25, -0.2) is 4.98 Å². The highest BCUT2D eigenvalue weighted by atomic mass is 16.1. The van der Waals surface area contributed by atoms with Crippen molar-refractivity contribution in [2.45, 2.75) is 0 Å². The Labute approximate surface area is 103 Å². The molecule has 0 aliphatic heterocycles. The van der Waals surface area contributed by atoms with Gasteiger partial charge in [-0.1, -0.05) is 0 Å². The molecule has 0 saturated heterocycles. The van der Waals surface area contributed by atoms with E-state index in [1.165, 1.54) is 6.20 Å². The maximum Gasteiger partial charge on any atom is 0.257 e. The molecule has 3 rings (SSSR count). The predicted octanol–water partition coefficient (Wildman–Crippen LogP) is 1.98. The Morgan fingerprint density at radius 3 is 3.00 bits per heavy atom. The smallest absolute Gasteiger partial charge is 0.257 e. The second-order valence-electron chi connectivity index (χ2n) is 3.81. The minimum absolute atomic E-state index is 0.178. The van der Waals surface area contributed by atoms with Gasteiger partial charge in [-0.2, -0.15) is 0 Å². The van der Waals surface area contributed by atoms with Crippen molar-refractivity contribution in [3.05, 3.63) is 60.8 Å². The van der Waals surface area contributed by atoms with Crippen LogP contribution >= 0.6 is 0 Å². The van der Waals surface area contributed by atoms with Gasteiger partial charge in [-0.15, -0.1) is 0 Å². The molecule has 5 nitrogen and oxygen atoms in total. The maximum atomic E-state index is 11.9. The number of nitrogens with one attached hydrogen (secondary N) is 1. The van der Waals surface area contributed by atoms with E-state index in [0.29, 0.717) is 11.3 Å². The molecule has 5 heteroatoms. The average molecular weight is 238 g/mol. The standard InChI is InChI=1S/C13H10N4O/c18-13(10-2-1-5-14-8-10)16-11-3-4-12-15-6-7-17(12)9-11/h1-9H,(H,16,18). The van der Waals surface area contributed by atoms with E-state index in [-0.39, 0.29) is 5.91 Å². The molecule has 0 unspecified atom stereocenters. The molecule has 0 spiro atoms. The minimum Gasteiger partial charge on any atom is -0.321 e. The Kier molecular flexibility index (Phi) is 2.49. The summed E-state index contributed by atoms with van der Waals surface area (Å²) >= 11 is 0. The van der Waals surface area contributed by atoms with Gasteiger partial charge in [0.05, 0.1) is 11.3 Å². The molecule has 3 aromatic heterocycles. The number of imidazole rings is 1. The van der Waals surface area contributed by atoms with Crippen molar-refractivity contribution < 1.29 is 4.79 Å². The monoisotopic (exact) mass is 238 g/mol. The Hall–Kier alpha value is -2.69. The highest BCUT2D eigenvalue weighted by Gasteiger charge is 2.06. The lowest BCUT2D eigenvalue weighted by Gasteiger charge is -2.05. The Bertz CT molecular complexity index is 690. The lowest BCUT2D eigenvalue weighted by Crippen LogP contribution is -2.12. The van der Waals surface area contributed by atoms with E-state index in [9.17, 15) is 4.79 Å². The summed E-state index contributed by atoms with van der Waals surface area (Å²) in [4.78, 5) is 20.0. The number of rotatable bonds is 2.